The van der Waals surface area contributed by atoms with E-state index in [4.69, 9.17) is 16.3 Å². The summed E-state index contributed by atoms with van der Waals surface area (Å²) in [5.41, 5.74) is 3.85. The van der Waals surface area contributed by atoms with Crippen LogP contribution in [0.1, 0.15) is 45.2 Å². The van der Waals surface area contributed by atoms with Crippen LogP contribution in [0.5, 0.6) is 0 Å². The Labute approximate surface area is 225 Å². The fourth-order valence-electron chi connectivity index (χ4n) is 3.82. The first-order valence-electron chi connectivity index (χ1n) is 12.0. The van der Waals surface area contributed by atoms with Crippen molar-refractivity contribution in [3.63, 3.8) is 0 Å². The molecule has 3 aromatic carbocycles. The standard InChI is InChI=1S/C29H26ClN3O5/c1-4-14-38-29(37)19-10-12-22(13-11-19)33-27(35)24(30)25(28(33)36)31-21-7-5-6-20(16-21)26(34)32-23-15-17(2)8-9-18(23)3/h5-13,15-16,31H,4,14H2,1-3H3,(H,32,34). The summed E-state index contributed by atoms with van der Waals surface area (Å²) >= 11 is 6.25. The second-order valence-electron chi connectivity index (χ2n) is 8.80. The van der Waals surface area contributed by atoms with Crippen LogP contribution < -0.4 is 15.5 Å². The van der Waals surface area contributed by atoms with Crippen LogP contribution in [0, 0.1) is 13.8 Å². The molecule has 1 heterocycles. The topological polar surface area (TPSA) is 105 Å². The van der Waals surface area contributed by atoms with Crippen molar-refractivity contribution in [1.82, 2.24) is 0 Å². The lowest BCUT2D eigenvalue weighted by molar-refractivity contribution is -0.120. The predicted molar refractivity (Wildman–Crippen MR) is 146 cm³/mol. The third-order valence-corrected chi connectivity index (χ3v) is 6.21. The van der Waals surface area contributed by atoms with Gasteiger partial charge in [-0.2, -0.15) is 0 Å². The Hall–Kier alpha value is -4.43. The van der Waals surface area contributed by atoms with Gasteiger partial charge in [0.1, 0.15) is 10.7 Å². The van der Waals surface area contributed by atoms with E-state index in [1.165, 1.54) is 24.3 Å². The zero-order valence-corrected chi connectivity index (χ0v) is 21.9. The van der Waals surface area contributed by atoms with E-state index in [0.29, 0.717) is 35.5 Å². The van der Waals surface area contributed by atoms with Crippen molar-refractivity contribution >= 4 is 52.4 Å². The van der Waals surface area contributed by atoms with Gasteiger partial charge in [-0.05, 0) is 79.9 Å². The predicted octanol–water partition coefficient (Wildman–Crippen LogP) is 5.56. The quantitative estimate of drug-likeness (QED) is 0.291. The number of imide groups is 1. The van der Waals surface area contributed by atoms with Crippen LogP contribution >= 0.6 is 11.6 Å². The van der Waals surface area contributed by atoms with Crippen LogP contribution in [-0.4, -0.2) is 30.3 Å². The van der Waals surface area contributed by atoms with E-state index in [1.54, 1.807) is 24.3 Å². The van der Waals surface area contributed by atoms with Crippen molar-refractivity contribution < 1.29 is 23.9 Å². The van der Waals surface area contributed by atoms with Gasteiger partial charge < -0.3 is 15.4 Å². The largest absolute Gasteiger partial charge is 0.462 e. The highest BCUT2D eigenvalue weighted by Crippen LogP contribution is 2.30. The highest BCUT2D eigenvalue weighted by atomic mass is 35.5. The van der Waals surface area contributed by atoms with Gasteiger partial charge in [-0.15, -0.1) is 0 Å². The first kappa shape index (κ1) is 26.6. The summed E-state index contributed by atoms with van der Waals surface area (Å²) in [5, 5.41) is 5.50. The van der Waals surface area contributed by atoms with Crippen molar-refractivity contribution in [3.8, 4) is 0 Å². The number of nitrogens with one attached hydrogen (secondary N) is 2. The number of hydrogen-bond donors (Lipinski definition) is 2. The molecule has 0 spiro atoms. The number of aryl methyl sites for hydroxylation is 2. The first-order chi connectivity index (χ1) is 18.2. The minimum absolute atomic E-state index is 0.116. The Kier molecular flexibility index (Phi) is 7.93. The molecule has 0 fully saturated rings. The molecule has 1 aliphatic rings. The molecular weight excluding hydrogens is 506 g/mol. The molecule has 1 aliphatic heterocycles. The Morgan fingerprint density at radius 3 is 2.37 bits per heavy atom. The number of ether oxygens (including phenoxy) is 1. The molecule has 4 rings (SSSR count). The molecule has 0 aromatic heterocycles. The SMILES string of the molecule is CCCOC(=O)c1ccc(N2C(=O)C(Cl)=C(Nc3cccc(C(=O)Nc4cc(C)ccc4C)c3)C2=O)cc1. The van der Waals surface area contributed by atoms with Gasteiger partial charge in [0.25, 0.3) is 17.7 Å². The number of anilines is 3. The van der Waals surface area contributed by atoms with Crippen LogP contribution in [0.2, 0.25) is 0 Å². The maximum absolute atomic E-state index is 13.2. The lowest BCUT2D eigenvalue weighted by Crippen LogP contribution is -2.32. The summed E-state index contributed by atoms with van der Waals surface area (Å²) < 4.78 is 5.10. The molecule has 0 atom stereocenters. The van der Waals surface area contributed by atoms with E-state index >= 15 is 0 Å². The van der Waals surface area contributed by atoms with Gasteiger partial charge in [0.15, 0.2) is 0 Å². The summed E-state index contributed by atoms with van der Waals surface area (Å²) in [7, 11) is 0. The third-order valence-electron chi connectivity index (χ3n) is 5.86. The van der Waals surface area contributed by atoms with Gasteiger partial charge >= 0.3 is 5.97 Å². The fourth-order valence-corrected chi connectivity index (χ4v) is 4.03. The Morgan fingerprint density at radius 2 is 1.66 bits per heavy atom. The van der Waals surface area contributed by atoms with Gasteiger partial charge in [-0.25, -0.2) is 9.69 Å². The molecule has 3 aromatic rings. The number of rotatable bonds is 8. The number of hydrogen-bond acceptors (Lipinski definition) is 6. The molecule has 38 heavy (non-hydrogen) atoms. The number of carbonyl (C=O) groups excluding carboxylic acids is 4. The lowest BCUT2D eigenvalue weighted by Gasteiger charge is -2.16. The van der Waals surface area contributed by atoms with E-state index in [1.807, 2.05) is 39.0 Å². The van der Waals surface area contributed by atoms with Crippen LogP contribution in [-0.2, 0) is 14.3 Å². The maximum atomic E-state index is 13.2. The molecule has 0 saturated heterocycles. The number of benzene rings is 3. The third kappa shape index (κ3) is 5.60. The molecule has 0 aliphatic carbocycles. The molecule has 0 unspecified atom stereocenters. The van der Waals surface area contributed by atoms with Gasteiger partial charge in [0, 0.05) is 16.9 Å². The van der Waals surface area contributed by atoms with Gasteiger partial charge in [0.05, 0.1) is 17.9 Å². The van der Waals surface area contributed by atoms with E-state index in [2.05, 4.69) is 10.6 Å². The number of amides is 3. The van der Waals surface area contributed by atoms with Crippen LogP contribution in [0.15, 0.2) is 77.5 Å². The van der Waals surface area contributed by atoms with Crippen molar-refractivity contribution in [3.05, 3.63) is 99.7 Å². The number of nitrogens with zero attached hydrogens (tertiary/aromatic N) is 1. The van der Waals surface area contributed by atoms with Gasteiger partial charge in [0.2, 0.25) is 0 Å². The van der Waals surface area contributed by atoms with E-state index in [9.17, 15) is 19.2 Å². The molecule has 0 saturated carbocycles. The zero-order chi connectivity index (χ0) is 27.4. The molecule has 194 valence electrons. The van der Waals surface area contributed by atoms with Gasteiger partial charge in [-0.3, -0.25) is 14.4 Å². The number of esters is 1. The molecule has 0 radical (unpaired) electrons. The average Bonchev–Trinajstić information content (AvgIpc) is 3.12. The van der Waals surface area contributed by atoms with E-state index in [-0.39, 0.29) is 22.3 Å². The van der Waals surface area contributed by atoms with Gasteiger partial charge in [-0.1, -0.05) is 36.7 Å². The maximum Gasteiger partial charge on any atom is 0.338 e. The van der Waals surface area contributed by atoms with Crippen molar-refractivity contribution in [2.45, 2.75) is 27.2 Å². The molecule has 3 amide bonds. The van der Waals surface area contributed by atoms with Crippen molar-refractivity contribution in [2.75, 3.05) is 22.1 Å². The van der Waals surface area contributed by atoms with Crippen molar-refractivity contribution in [1.29, 1.82) is 0 Å². The second-order valence-corrected chi connectivity index (χ2v) is 9.17. The highest BCUT2D eigenvalue weighted by Gasteiger charge is 2.39. The molecule has 9 heteroatoms. The van der Waals surface area contributed by atoms with E-state index < -0.39 is 17.8 Å². The Balaban J connectivity index is 1.50. The first-order valence-corrected chi connectivity index (χ1v) is 12.4. The van der Waals surface area contributed by atoms with Crippen LogP contribution in [0.25, 0.3) is 0 Å². The van der Waals surface area contributed by atoms with Crippen molar-refractivity contribution in [2.24, 2.45) is 0 Å². The summed E-state index contributed by atoms with van der Waals surface area (Å²) in [6, 6.07) is 18.2. The lowest BCUT2D eigenvalue weighted by atomic mass is 10.1. The minimum atomic E-state index is -0.704. The summed E-state index contributed by atoms with van der Waals surface area (Å²) in [6.45, 7) is 6.03. The Bertz CT molecular complexity index is 1460. The highest BCUT2D eigenvalue weighted by molar-refractivity contribution is 6.53. The molecule has 8 nitrogen and oxygen atoms in total. The molecule has 0 bridgehead atoms. The Morgan fingerprint density at radius 1 is 0.921 bits per heavy atom. The monoisotopic (exact) mass is 531 g/mol. The second kappa shape index (κ2) is 11.3. The van der Waals surface area contributed by atoms with Crippen LogP contribution in [0.3, 0.4) is 0 Å². The normalized spacial score (nSPS) is 13.1. The average molecular weight is 532 g/mol. The zero-order valence-electron chi connectivity index (χ0n) is 21.1. The summed E-state index contributed by atoms with van der Waals surface area (Å²) in [4.78, 5) is 51.8. The number of carbonyl (C=O) groups is 4. The van der Waals surface area contributed by atoms with E-state index in [0.717, 1.165) is 16.0 Å². The molecular formula is C29H26ClN3O5. The minimum Gasteiger partial charge on any atom is -0.462 e. The summed E-state index contributed by atoms with van der Waals surface area (Å²) in [6.07, 6.45) is 0.695. The molecule has 2 N–H and O–H groups in total. The van der Waals surface area contributed by atoms with Crippen LogP contribution in [0.4, 0.5) is 17.1 Å². The smallest absolute Gasteiger partial charge is 0.338 e. The fraction of sp³-hybridized carbons (Fsp3) is 0.172. The number of halogens is 1. The summed E-state index contributed by atoms with van der Waals surface area (Å²) in [5.74, 6) is -2.18.